The lowest BCUT2D eigenvalue weighted by atomic mass is 10.0. The van der Waals surface area contributed by atoms with E-state index < -0.39 is 54.0 Å². The molecule has 1 aromatic rings. The molecule has 3 amide bonds. The van der Waals surface area contributed by atoms with E-state index in [1.165, 1.54) is 11.8 Å². The molecule has 5 unspecified atom stereocenters. The van der Waals surface area contributed by atoms with Crippen LogP contribution in [0.3, 0.4) is 0 Å². The van der Waals surface area contributed by atoms with Gasteiger partial charge in [-0.05, 0) is 51.1 Å². The van der Waals surface area contributed by atoms with Gasteiger partial charge in [0, 0.05) is 13.0 Å². The first-order valence-corrected chi connectivity index (χ1v) is 12.0. The number of carbonyl (C=O) groups is 4. The van der Waals surface area contributed by atoms with Crippen LogP contribution >= 0.6 is 0 Å². The van der Waals surface area contributed by atoms with Crippen molar-refractivity contribution in [3.63, 3.8) is 0 Å². The van der Waals surface area contributed by atoms with Gasteiger partial charge in [-0.1, -0.05) is 30.3 Å². The van der Waals surface area contributed by atoms with E-state index in [9.17, 15) is 29.4 Å². The second-order valence-corrected chi connectivity index (χ2v) is 8.89. The van der Waals surface area contributed by atoms with Gasteiger partial charge in [0.2, 0.25) is 17.7 Å². The Bertz CT molecular complexity index is 865. The maximum atomic E-state index is 13.4. The molecule has 0 aliphatic carbocycles. The molecule has 2 rings (SSSR count). The average Bonchev–Trinajstić information content (AvgIpc) is 3.32. The highest BCUT2D eigenvalue weighted by Gasteiger charge is 2.39. The molecule has 11 heteroatoms. The summed E-state index contributed by atoms with van der Waals surface area (Å²) in [5.41, 5.74) is 12.0. The number of amides is 3. The summed E-state index contributed by atoms with van der Waals surface area (Å²) in [7, 11) is 0. The molecule has 1 saturated heterocycles. The van der Waals surface area contributed by atoms with Crippen molar-refractivity contribution in [1.82, 2.24) is 15.5 Å². The summed E-state index contributed by atoms with van der Waals surface area (Å²) in [6.45, 7) is 2.11. The number of carbonyl (C=O) groups excluding carboxylic acids is 3. The van der Waals surface area contributed by atoms with Crippen molar-refractivity contribution in [2.24, 2.45) is 11.5 Å². The smallest absolute Gasteiger partial charge is 0.326 e. The zero-order chi connectivity index (χ0) is 26.0. The van der Waals surface area contributed by atoms with Gasteiger partial charge in [0.05, 0.1) is 6.10 Å². The van der Waals surface area contributed by atoms with Crippen molar-refractivity contribution < 1.29 is 29.4 Å². The fraction of sp³-hybridized carbons (Fsp3) is 0.583. The number of nitrogens with zero attached hydrogens (tertiary/aromatic N) is 1. The van der Waals surface area contributed by atoms with Gasteiger partial charge in [-0.25, -0.2) is 4.79 Å². The number of nitrogens with two attached hydrogens (primary N) is 2. The Balaban J connectivity index is 2.12. The molecule has 1 aliphatic heterocycles. The molecule has 1 heterocycles. The third kappa shape index (κ3) is 8.30. The summed E-state index contributed by atoms with van der Waals surface area (Å²) in [5, 5.41) is 24.4. The summed E-state index contributed by atoms with van der Waals surface area (Å²) >= 11 is 0. The zero-order valence-electron chi connectivity index (χ0n) is 20.1. The number of aliphatic hydroxyl groups excluding tert-OH is 1. The molecule has 8 N–H and O–H groups in total. The van der Waals surface area contributed by atoms with Crippen LogP contribution < -0.4 is 22.1 Å². The van der Waals surface area contributed by atoms with Crippen LogP contribution in [-0.4, -0.2) is 82.2 Å². The van der Waals surface area contributed by atoms with E-state index in [1.54, 1.807) is 24.3 Å². The van der Waals surface area contributed by atoms with Crippen LogP contribution in [0.4, 0.5) is 0 Å². The predicted molar refractivity (Wildman–Crippen MR) is 129 cm³/mol. The van der Waals surface area contributed by atoms with Gasteiger partial charge in [0.25, 0.3) is 0 Å². The molecular formula is C24H37N5O6. The third-order valence-electron chi connectivity index (χ3n) is 6.12. The van der Waals surface area contributed by atoms with Crippen LogP contribution in [0.1, 0.15) is 44.6 Å². The van der Waals surface area contributed by atoms with Crippen LogP contribution in [0.25, 0.3) is 0 Å². The van der Waals surface area contributed by atoms with Gasteiger partial charge in [-0.2, -0.15) is 0 Å². The Hall–Kier alpha value is -3.02. The topological polar surface area (TPSA) is 188 Å². The van der Waals surface area contributed by atoms with Crippen molar-refractivity contribution >= 4 is 23.7 Å². The summed E-state index contributed by atoms with van der Waals surface area (Å²) in [4.78, 5) is 52.0. The molecule has 1 fully saturated rings. The van der Waals surface area contributed by atoms with Crippen molar-refractivity contribution in [2.45, 2.75) is 75.7 Å². The molecular weight excluding hydrogens is 454 g/mol. The highest BCUT2D eigenvalue weighted by Crippen LogP contribution is 2.20. The monoisotopic (exact) mass is 491 g/mol. The zero-order valence-corrected chi connectivity index (χ0v) is 20.1. The lowest BCUT2D eigenvalue weighted by molar-refractivity contribution is -0.145. The number of hydrogen-bond acceptors (Lipinski definition) is 7. The highest BCUT2D eigenvalue weighted by molar-refractivity contribution is 5.94. The van der Waals surface area contributed by atoms with Crippen molar-refractivity contribution in [2.75, 3.05) is 13.1 Å². The summed E-state index contributed by atoms with van der Waals surface area (Å²) in [6, 6.07) is 4.81. The number of unbranched alkanes of at least 4 members (excludes halogenated alkanes) is 1. The Kier molecular flexibility index (Phi) is 11.1. The largest absolute Gasteiger partial charge is 0.480 e. The summed E-state index contributed by atoms with van der Waals surface area (Å²) < 4.78 is 0. The first kappa shape index (κ1) is 28.2. The molecule has 194 valence electrons. The van der Waals surface area contributed by atoms with E-state index >= 15 is 0 Å². The lowest BCUT2D eigenvalue weighted by Gasteiger charge is -2.30. The van der Waals surface area contributed by atoms with Gasteiger partial charge in [-0.15, -0.1) is 0 Å². The number of nitrogens with one attached hydrogen (secondary N) is 2. The molecule has 0 bridgehead atoms. The van der Waals surface area contributed by atoms with Crippen molar-refractivity contribution in [3.05, 3.63) is 35.9 Å². The van der Waals surface area contributed by atoms with Crippen LogP contribution in [0, 0.1) is 0 Å². The summed E-state index contributed by atoms with van der Waals surface area (Å²) in [5.74, 6) is -2.83. The number of aliphatic carboxylic acids is 1. The van der Waals surface area contributed by atoms with Crippen molar-refractivity contribution in [3.8, 4) is 0 Å². The van der Waals surface area contributed by atoms with E-state index in [2.05, 4.69) is 10.6 Å². The Morgan fingerprint density at radius 2 is 1.80 bits per heavy atom. The number of likely N-dealkylation sites (tertiary alicyclic amines) is 1. The minimum Gasteiger partial charge on any atom is -0.480 e. The van der Waals surface area contributed by atoms with Gasteiger partial charge in [0.1, 0.15) is 24.2 Å². The van der Waals surface area contributed by atoms with Crippen LogP contribution in [0.2, 0.25) is 0 Å². The first-order valence-electron chi connectivity index (χ1n) is 12.0. The number of hydrogen-bond donors (Lipinski definition) is 6. The van der Waals surface area contributed by atoms with Gasteiger partial charge in [-0.3, -0.25) is 14.4 Å². The van der Waals surface area contributed by atoms with Crippen LogP contribution in [-0.2, 0) is 25.6 Å². The Labute approximate surface area is 205 Å². The quantitative estimate of drug-likeness (QED) is 0.192. The second-order valence-electron chi connectivity index (χ2n) is 8.89. The Morgan fingerprint density at radius 3 is 2.40 bits per heavy atom. The van der Waals surface area contributed by atoms with E-state index in [1.807, 2.05) is 6.07 Å². The molecule has 35 heavy (non-hydrogen) atoms. The number of rotatable bonds is 13. The highest BCUT2D eigenvalue weighted by atomic mass is 16.4. The second kappa shape index (κ2) is 13.8. The predicted octanol–water partition coefficient (Wildman–Crippen LogP) is -0.889. The number of benzene rings is 1. The number of aliphatic hydroxyl groups is 1. The molecule has 0 spiro atoms. The van der Waals surface area contributed by atoms with Crippen molar-refractivity contribution in [1.29, 1.82) is 0 Å². The average molecular weight is 492 g/mol. The number of carboxylic acids is 1. The number of carboxylic acid groups (broad SMARTS) is 1. The maximum absolute atomic E-state index is 13.4. The standard InChI is InChI=1S/C24H37N5O6/c1-15(30)20(26)22(32)27-17(10-5-6-12-25)23(33)29-13-7-11-19(29)21(31)28-18(24(34)35)14-16-8-3-2-4-9-16/h2-4,8-9,15,17-20,30H,5-7,10-14,25-26H2,1H3,(H,27,32)(H,28,31)(H,34,35). The lowest BCUT2D eigenvalue weighted by Crippen LogP contribution is -2.58. The van der Waals surface area contributed by atoms with Crippen LogP contribution in [0.5, 0.6) is 0 Å². The van der Waals surface area contributed by atoms with Crippen LogP contribution in [0.15, 0.2) is 30.3 Å². The normalized spacial score (nSPS) is 18.9. The van der Waals surface area contributed by atoms with Gasteiger partial charge in [0.15, 0.2) is 0 Å². The minimum atomic E-state index is -1.20. The Morgan fingerprint density at radius 1 is 1.11 bits per heavy atom. The summed E-state index contributed by atoms with van der Waals surface area (Å²) in [6.07, 6.45) is 1.47. The van der Waals surface area contributed by atoms with E-state index in [4.69, 9.17) is 11.5 Å². The molecule has 11 nitrogen and oxygen atoms in total. The van der Waals surface area contributed by atoms with E-state index in [0.717, 1.165) is 5.56 Å². The SMILES string of the molecule is CC(O)C(N)C(=O)NC(CCCCN)C(=O)N1CCCC1C(=O)NC(Cc1ccccc1)C(=O)O. The fourth-order valence-corrected chi connectivity index (χ4v) is 4.06. The molecule has 1 aliphatic rings. The molecule has 0 radical (unpaired) electrons. The molecule has 1 aromatic carbocycles. The van der Waals surface area contributed by atoms with Gasteiger partial charge >= 0.3 is 5.97 Å². The van der Waals surface area contributed by atoms with E-state index in [-0.39, 0.29) is 6.42 Å². The molecule has 5 atom stereocenters. The first-order chi connectivity index (χ1) is 16.6. The maximum Gasteiger partial charge on any atom is 0.326 e. The third-order valence-corrected chi connectivity index (χ3v) is 6.12. The van der Waals surface area contributed by atoms with E-state index in [0.29, 0.717) is 45.2 Å². The van der Waals surface area contributed by atoms with Gasteiger partial charge < -0.3 is 37.2 Å². The minimum absolute atomic E-state index is 0.109. The molecule has 0 saturated carbocycles. The fourth-order valence-electron chi connectivity index (χ4n) is 4.06. The molecule has 0 aromatic heterocycles.